The van der Waals surface area contributed by atoms with E-state index in [9.17, 15) is 14.9 Å². The molecule has 27 heavy (non-hydrogen) atoms. The maximum atomic E-state index is 12.3. The van der Waals surface area contributed by atoms with Gasteiger partial charge in [-0.25, -0.2) is 0 Å². The Labute approximate surface area is 157 Å². The molecular formula is C19H22N2O6. The summed E-state index contributed by atoms with van der Waals surface area (Å²) >= 11 is 0. The van der Waals surface area contributed by atoms with E-state index in [0.29, 0.717) is 31.1 Å². The van der Waals surface area contributed by atoms with Gasteiger partial charge in [-0.2, -0.15) is 0 Å². The third-order valence-corrected chi connectivity index (χ3v) is 3.89. The number of carbonyl (C=O) groups is 1. The number of nitrogens with one attached hydrogen (secondary N) is 1. The number of rotatable bonds is 9. The van der Waals surface area contributed by atoms with Gasteiger partial charge in [0, 0.05) is 18.2 Å². The lowest BCUT2D eigenvalue weighted by Gasteiger charge is -2.11. The standard InChI is InChI=1S/C19H22N2O6/c1-4-27-18-7-5-14(12-16(18)21(23)24)19(22)20-10-9-13-11-15(25-2)6-8-17(13)26-3/h5-8,11-12H,4,9-10H2,1-3H3,(H,20,22). The Morgan fingerprint density at radius 1 is 1.11 bits per heavy atom. The van der Waals surface area contributed by atoms with Crippen LogP contribution in [0, 0.1) is 10.1 Å². The van der Waals surface area contributed by atoms with Gasteiger partial charge in [0.05, 0.1) is 25.7 Å². The molecule has 144 valence electrons. The topological polar surface area (TPSA) is 99.9 Å². The van der Waals surface area contributed by atoms with Crippen molar-refractivity contribution in [1.82, 2.24) is 5.32 Å². The fraction of sp³-hybridized carbons (Fsp3) is 0.316. The number of nitrogens with zero attached hydrogens (tertiary/aromatic N) is 1. The van der Waals surface area contributed by atoms with Crippen molar-refractivity contribution in [3.8, 4) is 17.2 Å². The van der Waals surface area contributed by atoms with Crippen molar-refractivity contribution in [2.75, 3.05) is 27.4 Å². The normalized spacial score (nSPS) is 10.2. The molecule has 1 amide bonds. The van der Waals surface area contributed by atoms with Crippen LogP contribution in [-0.4, -0.2) is 38.2 Å². The second-order valence-corrected chi connectivity index (χ2v) is 5.56. The van der Waals surface area contributed by atoms with Gasteiger partial charge in [0.25, 0.3) is 5.91 Å². The molecule has 2 rings (SSSR count). The number of ether oxygens (including phenoxy) is 3. The van der Waals surface area contributed by atoms with Crippen molar-refractivity contribution < 1.29 is 23.9 Å². The van der Waals surface area contributed by atoms with Gasteiger partial charge in [-0.3, -0.25) is 14.9 Å². The minimum atomic E-state index is -0.567. The third kappa shape index (κ3) is 5.10. The number of hydrogen-bond donors (Lipinski definition) is 1. The molecule has 0 atom stereocenters. The zero-order valence-corrected chi connectivity index (χ0v) is 15.5. The van der Waals surface area contributed by atoms with Crippen LogP contribution in [0.5, 0.6) is 17.2 Å². The summed E-state index contributed by atoms with van der Waals surface area (Å²) in [5, 5.41) is 13.9. The molecule has 0 unspecified atom stereocenters. The molecule has 0 aliphatic heterocycles. The molecule has 0 spiro atoms. The second-order valence-electron chi connectivity index (χ2n) is 5.56. The molecule has 8 heteroatoms. The fourth-order valence-corrected chi connectivity index (χ4v) is 2.57. The number of nitro groups is 1. The first-order valence-corrected chi connectivity index (χ1v) is 8.40. The van der Waals surface area contributed by atoms with Gasteiger partial charge in [0.2, 0.25) is 0 Å². The fourth-order valence-electron chi connectivity index (χ4n) is 2.57. The highest BCUT2D eigenvalue weighted by atomic mass is 16.6. The Balaban J connectivity index is 2.06. The van der Waals surface area contributed by atoms with Crippen molar-refractivity contribution in [2.24, 2.45) is 0 Å². The number of nitro benzene ring substituents is 1. The van der Waals surface area contributed by atoms with E-state index < -0.39 is 10.8 Å². The van der Waals surface area contributed by atoms with Crippen molar-refractivity contribution in [2.45, 2.75) is 13.3 Å². The molecule has 8 nitrogen and oxygen atoms in total. The average Bonchev–Trinajstić information content (AvgIpc) is 2.68. The molecule has 0 bridgehead atoms. The molecule has 0 saturated carbocycles. The lowest BCUT2D eigenvalue weighted by atomic mass is 10.1. The van der Waals surface area contributed by atoms with Gasteiger partial charge >= 0.3 is 5.69 Å². The first-order valence-electron chi connectivity index (χ1n) is 8.40. The Bertz CT molecular complexity index is 822. The van der Waals surface area contributed by atoms with Gasteiger partial charge in [0.15, 0.2) is 5.75 Å². The van der Waals surface area contributed by atoms with Crippen LogP contribution in [0.25, 0.3) is 0 Å². The van der Waals surface area contributed by atoms with E-state index in [4.69, 9.17) is 14.2 Å². The lowest BCUT2D eigenvalue weighted by Crippen LogP contribution is -2.25. The van der Waals surface area contributed by atoms with Gasteiger partial charge in [-0.1, -0.05) is 0 Å². The number of hydrogen-bond acceptors (Lipinski definition) is 6. The quantitative estimate of drug-likeness (QED) is 0.535. The van der Waals surface area contributed by atoms with Crippen LogP contribution in [0.1, 0.15) is 22.8 Å². The number of carbonyl (C=O) groups excluding carboxylic acids is 1. The maximum Gasteiger partial charge on any atom is 0.311 e. The van der Waals surface area contributed by atoms with E-state index in [1.807, 2.05) is 6.07 Å². The van der Waals surface area contributed by atoms with Crippen LogP contribution >= 0.6 is 0 Å². The Morgan fingerprint density at radius 3 is 2.48 bits per heavy atom. The molecule has 0 fully saturated rings. The zero-order chi connectivity index (χ0) is 19.8. The van der Waals surface area contributed by atoms with Gasteiger partial charge < -0.3 is 19.5 Å². The highest BCUT2D eigenvalue weighted by molar-refractivity contribution is 5.95. The van der Waals surface area contributed by atoms with Crippen molar-refractivity contribution in [1.29, 1.82) is 0 Å². The Hall–Kier alpha value is -3.29. The van der Waals surface area contributed by atoms with E-state index in [-0.39, 0.29) is 17.0 Å². The number of methoxy groups -OCH3 is 2. The first-order chi connectivity index (χ1) is 13.0. The van der Waals surface area contributed by atoms with Crippen LogP contribution in [0.4, 0.5) is 5.69 Å². The first kappa shape index (κ1) is 20.0. The lowest BCUT2D eigenvalue weighted by molar-refractivity contribution is -0.385. The highest BCUT2D eigenvalue weighted by Gasteiger charge is 2.18. The summed E-state index contributed by atoms with van der Waals surface area (Å²) in [5.41, 5.74) is 0.844. The summed E-state index contributed by atoms with van der Waals surface area (Å²) in [6.07, 6.45) is 0.519. The molecule has 0 aliphatic carbocycles. The molecule has 0 aromatic heterocycles. The minimum Gasteiger partial charge on any atom is -0.497 e. The van der Waals surface area contributed by atoms with Gasteiger partial charge in [-0.05, 0) is 49.2 Å². The van der Waals surface area contributed by atoms with Crippen LogP contribution < -0.4 is 19.5 Å². The van der Waals surface area contributed by atoms with Crippen molar-refractivity contribution >= 4 is 11.6 Å². The van der Waals surface area contributed by atoms with Gasteiger partial charge in [0.1, 0.15) is 11.5 Å². The molecule has 0 heterocycles. The van der Waals surface area contributed by atoms with Gasteiger partial charge in [-0.15, -0.1) is 0 Å². The number of amides is 1. The molecule has 0 aliphatic rings. The maximum absolute atomic E-state index is 12.3. The molecule has 0 radical (unpaired) electrons. The Kier molecular flexibility index (Phi) is 6.99. The van der Waals surface area contributed by atoms with Crippen LogP contribution in [0.2, 0.25) is 0 Å². The van der Waals surface area contributed by atoms with E-state index in [2.05, 4.69) is 5.32 Å². The third-order valence-electron chi connectivity index (χ3n) is 3.89. The van der Waals surface area contributed by atoms with Crippen LogP contribution in [-0.2, 0) is 6.42 Å². The largest absolute Gasteiger partial charge is 0.497 e. The summed E-state index contributed by atoms with van der Waals surface area (Å²) in [7, 11) is 3.15. The molecule has 2 aromatic carbocycles. The monoisotopic (exact) mass is 374 g/mol. The summed E-state index contributed by atoms with van der Waals surface area (Å²) in [6.45, 7) is 2.37. The predicted octanol–water partition coefficient (Wildman–Crippen LogP) is 2.98. The van der Waals surface area contributed by atoms with Crippen molar-refractivity contribution in [3.63, 3.8) is 0 Å². The molecule has 2 aromatic rings. The SMILES string of the molecule is CCOc1ccc(C(=O)NCCc2cc(OC)ccc2OC)cc1[N+](=O)[O-]. The predicted molar refractivity (Wildman–Crippen MR) is 99.8 cm³/mol. The van der Waals surface area contributed by atoms with Crippen LogP contribution in [0.15, 0.2) is 36.4 Å². The summed E-state index contributed by atoms with van der Waals surface area (Å²) in [4.78, 5) is 22.9. The van der Waals surface area contributed by atoms with E-state index in [1.165, 1.54) is 18.2 Å². The molecule has 0 saturated heterocycles. The summed E-state index contributed by atoms with van der Waals surface area (Å²) in [6, 6.07) is 9.58. The van der Waals surface area contributed by atoms with E-state index in [0.717, 1.165) is 5.56 Å². The smallest absolute Gasteiger partial charge is 0.311 e. The zero-order valence-electron chi connectivity index (χ0n) is 15.5. The highest BCUT2D eigenvalue weighted by Crippen LogP contribution is 2.28. The minimum absolute atomic E-state index is 0.139. The average molecular weight is 374 g/mol. The van der Waals surface area contributed by atoms with E-state index >= 15 is 0 Å². The van der Waals surface area contributed by atoms with Crippen LogP contribution in [0.3, 0.4) is 0 Å². The summed E-state index contributed by atoms with van der Waals surface area (Å²) < 4.78 is 15.7. The summed E-state index contributed by atoms with van der Waals surface area (Å²) in [5.74, 6) is 1.13. The second kappa shape index (κ2) is 9.42. The molecule has 1 N–H and O–H groups in total. The van der Waals surface area contributed by atoms with E-state index in [1.54, 1.807) is 33.3 Å². The Morgan fingerprint density at radius 2 is 1.85 bits per heavy atom. The van der Waals surface area contributed by atoms with Crippen molar-refractivity contribution in [3.05, 3.63) is 57.6 Å². The number of benzene rings is 2. The molecular weight excluding hydrogens is 352 g/mol.